The molecule has 7 nitrogen and oxygen atoms in total. The number of hydrogen-bond donors (Lipinski definition) is 0. The fraction of sp³-hybridized carbons (Fsp3) is 0.407. The number of benzene rings is 1. The third-order valence-electron chi connectivity index (χ3n) is 6.56. The standard InChI is InChI=1S/C27H29NO6S/c1-5-33-26(30)21-15(3)28-19-14-18(16-9-7-10-17(13-16)32-4)22(27(31)34-6-2)25(29)23(19)24(21)20-11-8-12-35-20/h7-13,18,22-24H,5-6,14H2,1-4H3/t18-,22+,23?,24+/m0/s1. The normalized spacial score (nSPS) is 23.9. The van der Waals surface area contributed by atoms with Crippen molar-refractivity contribution in [1.29, 1.82) is 0 Å². The van der Waals surface area contributed by atoms with Crippen LogP contribution < -0.4 is 4.74 Å². The lowest BCUT2D eigenvalue weighted by Crippen LogP contribution is -2.48. The van der Waals surface area contributed by atoms with Crippen LogP contribution in [0.5, 0.6) is 5.75 Å². The highest BCUT2D eigenvalue weighted by molar-refractivity contribution is 7.10. The topological polar surface area (TPSA) is 91.3 Å². The Bertz CT molecular complexity index is 1180. The summed E-state index contributed by atoms with van der Waals surface area (Å²) in [6.07, 6.45) is 0.391. The van der Waals surface area contributed by atoms with Crippen molar-refractivity contribution < 1.29 is 28.6 Å². The number of ether oxygens (including phenoxy) is 3. The zero-order valence-electron chi connectivity index (χ0n) is 20.3. The smallest absolute Gasteiger partial charge is 0.336 e. The molecule has 0 bridgehead atoms. The number of ketones is 1. The number of nitrogens with zero attached hydrogens (tertiary/aromatic N) is 1. The third kappa shape index (κ3) is 4.67. The van der Waals surface area contributed by atoms with Crippen molar-refractivity contribution >= 4 is 34.8 Å². The van der Waals surface area contributed by atoms with E-state index < -0.39 is 35.6 Å². The van der Waals surface area contributed by atoms with Gasteiger partial charge in [0.1, 0.15) is 11.7 Å². The maximum atomic E-state index is 14.2. The van der Waals surface area contributed by atoms with Gasteiger partial charge in [-0.1, -0.05) is 18.2 Å². The van der Waals surface area contributed by atoms with Gasteiger partial charge in [-0.2, -0.15) is 0 Å². The minimum atomic E-state index is -1.02. The second kappa shape index (κ2) is 10.6. The summed E-state index contributed by atoms with van der Waals surface area (Å²) >= 11 is 1.47. The highest BCUT2D eigenvalue weighted by Crippen LogP contribution is 2.49. The van der Waals surface area contributed by atoms with Gasteiger partial charge in [0, 0.05) is 28.1 Å². The van der Waals surface area contributed by atoms with Gasteiger partial charge < -0.3 is 14.2 Å². The monoisotopic (exact) mass is 495 g/mol. The van der Waals surface area contributed by atoms with Gasteiger partial charge >= 0.3 is 11.9 Å². The average Bonchev–Trinajstić information content (AvgIpc) is 3.38. The van der Waals surface area contributed by atoms with Crippen LogP contribution in [0.3, 0.4) is 0 Å². The van der Waals surface area contributed by atoms with Crippen LogP contribution in [0.15, 0.2) is 58.0 Å². The highest BCUT2D eigenvalue weighted by Gasteiger charge is 2.53. The van der Waals surface area contributed by atoms with Gasteiger partial charge in [-0.25, -0.2) is 4.79 Å². The predicted octanol–water partition coefficient (Wildman–Crippen LogP) is 4.68. The molecule has 2 aromatic rings. The molecule has 0 N–H and O–H groups in total. The molecule has 35 heavy (non-hydrogen) atoms. The molecular weight excluding hydrogens is 466 g/mol. The Morgan fingerprint density at radius 1 is 1.09 bits per heavy atom. The number of carbonyl (C=O) groups excluding carboxylic acids is 3. The Hall–Kier alpha value is -3.26. The van der Waals surface area contributed by atoms with E-state index in [0.29, 0.717) is 29.2 Å². The number of esters is 2. The molecule has 2 heterocycles. The molecule has 8 heteroatoms. The Balaban J connectivity index is 1.86. The molecule has 0 amide bonds. The predicted molar refractivity (Wildman–Crippen MR) is 133 cm³/mol. The number of fused-ring (bicyclic) bond motifs is 1. The van der Waals surface area contributed by atoms with Crippen molar-refractivity contribution in [3.8, 4) is 5.75 Å². The lowest BCUT2D eigenvalue weighted by Gasteiger charge is -2.40. The first kappa shape index (κ1) is 24.9. The van der Waals surface area contributed by atoms with Crippen LogP contribution in [0.4, 0.5) is 0 Å². The molecule has 0 spiro atoms. The van der Waals surface area contributed by atoms with Crippen LogP contribution in [0.25, 0.3) is 0 Å². The van der Waals surface area contributed by atoms with Crippen molar-refractivity contribution in [2.75, 3.05) is 20.3 Å². The maximum absolute atomic E-state index is 14.2. The lowest BCUT2D eigenvalue weighted by molar-refractivity contribution is -0.153. The second-order valence-corrected chi connectivity index (χ2v) is 9.49. The number of methoxy groups -OCH3 is 1. The highest BCUT2D eigenvalue weighted by atomic mass is 32.1. The van der Waals surface area contributed by atoms with Crippen molar-refractivity contribution in [3.63, 3.8) is 0 Å². The fourth-order valence-corrected chi connectivity index (χ4v) is 5.99. The van der Waals surface area contributed by atoms with E-state index in [1.54, 1.807) is 27.9 Å². The quantitative estimate of drug-likeness (QED) is 0.409. The third-order valence-corrected chi connectivity index (χ3v) is 7.51. The molecule has 1 unspecified atom stereocenters. The van der Waals surface area contributed by atoms with Crippen LogP contribution in [0.2, 0.25) is 0 Å². The van der Waals surface area contributed by atoms with E-state index in [0.717, 1.165) is 10.4 Å². The van der Waals surface area contributed by atoms with E-state index in [1.807, 2.05) is 41.8 Å². The maximum Gasteiger partial charge on any atom is 0.336 e. The molecule has 1 saturated carbocycles. The molecule has 184 valence electrons. The van der Waals surface area contributed by atoms with Gasteiger partial charge in [-0.3, -0.25) is 14.6 Å². The molecule has 1 aliphatic heterocycles. The summed E-state index contributed by atoms with van der Waals surface area (Å²) in [5.74, 6) is -3.45. The Labute approximate surface area is 208 Å². The van der Waals surface area contributed by atoms with Gasteiger partial charge in [0.05, 0.1) is 31.8 Å². The van der Waals surface area contributed by atoms with Crippen molar-refractivity contribution in [3.05, 3.63) is 63.5 Å². The SMILES string of the molecule is CCOC(=O)C1=C(C)N=C2C[C@@H](c3cccc(OC)c3)[C@@H](C(=O)OCC)C(=O)C2[C@@H]1c1cccs1. The summed E-state index contributed by atoms with van der Waals surface area (Å²) in [5, 5.41) is 1.91. The average molecular weight is 496 g/mol. The largest absolute Gasteiger partial charge is 0.497 e. The number of carbonyl (C=O) groups is 3. The van der Waals surface area contributed by atoms with Crippen LogP contribution in [0.1, 0.15) is 49.5 Å². The number of aliphatic imine (C=N–C) groups is 1. The van der Waals surface area contributed by atoms with Crippen LogP contribution >= 0.6 is 11.3 Å². The molecule has 4 rings (SSSR count). The zero-order chi connectivity index (χ0) is 25.1. The van der Waals surface area contributed by atoms with Gasteiger partial charge in [-0.15, -0.1) is 11.3 Å². The van der Waals surface area contributed by atoms with Crippen molar-refractivity contribution in [2.45, 2.75) is 39.0 Å². The first-order valence-corrected chi connectivity index (χ1v) is 12.6. The molecule has 4 atom stereocenters. The molecule has 1 aliphatic carbocycles. The number of allylic oxidation sites excluding steroid dienone is 1. The molecule has 1 aromatic heterocycles. The van der Waals surface area contributed by atoms with E-state index in [9.17, 15) is 14.4 Å². The number of Topliss-reactive ketones (excluding diaryl/α,β-unsaturated/α-hetero) is 1. The van der Waals surface area contributed by atoms with Crippen LogP contribution in [-0.4, -0.2) is 43.8 Å². The summed E-state index contributed by atoms with van der Waals surface area (Å²) in [6, 6.07) is 11.2. The Morgan fingerprint density at radius 3 is 2.51 bits per heavy atom. The minimum Gasteiger partial charge on any atom is -0.497 e. The number of rotatable bonds is 7. The molecule has 0 radical (unpaired) electrons. The second-order valence-electron chi connectivity index (χ2n) is 8.51. The summed E-state index contributed by atoms with van der Waals surface area (Å²) < 4.78 is 16.1. The van der Waals surface area contributed by atoms with Crippen molar-refractivity contribution in [2.24, 2.45) is 16.8 Å². The van der Waals surface area contributed by atoms with E-state index in [2.05, 4.69) is 0 Å². The van der Waals surface area contributed by atoms with E-state index in [1.165, 1.54) is 11.3 Å². The summed E-state index contributed by atoms with van der Waals surface area (Å²) in [5.41, 5.74) is 2.40. The number of thiophene rings is 1. The molecule has 2 aliphatic rings. The van der Waals surface area contributed by atoms with Crippen LogP contribution in [-0.2, 0) is 23.9 Å². The zero-order valence-corrected chi connectivity index (χ0v) is 21.1. The Kier molecular flexibility index (Phi) is 7.50. The van der Waals surface area contributed by atoms with E-state index in [4.69, 9.17) is 19.2 Å². The molecular formula is C27H29NO6S. The van der Waals surface area contributed by atoms with Gasteiger partial charge in [0.15, 0.2) is 5.78 Å². The fourth-order valence-electron chi connectivity index (χ4n) is 5.12. The first-order chi connectivity index (χ1) is 16.9. The van der Waals surface area contributed by atoms with Gasteiger partial charge in [0.2, 0.25) is 0 Å². The van der Waals surface area contributed by atoms with Gasteiger partial charge in [-0.05, 0) is 56.3 Å². The minimum absolute atomic E-state index is 0.167. The first-order valence-electron chi connectivity index (χ1n) is 11.7. The van der Waals surface area contributed by atoms with Gasteiger partial charge in [0.25, 0.3) is 0 Å². The van der Waals surface area contributed by atoms with Crippen LogP contribution in [0, 0.1) is 11.8 Å². The van der Waals surface area contributed by atoms with E-state index >= 15 is 0 Å². The Morgan fingerprint density at radius 2 is 1.86 bits per heavy atom. The lowest BCUT2D eigenvalue weighted by atomic mass is 9.63. The summed E-state index contributed by atoms with van der Waals surface area (Å²) in [7, 11) is 1.58. The van der Waals surface area contributed by atoms with Crippen molar-refractivity contribution in [1.82, 2.24) is 0 Å². The molecule has 1 fully saturated rings. The van der Waals surface area contributed by atoms with E-state index in [-0.39, 0.29) is 19.0 Å². The number of hydrogen-bond acceptors (Lipinski definition) is 8. The summed E-state index contributed by atoms with van der Waals surface area (Å²) in [4.78, 5) is 46.0. The molecule has 0 saturated heterocycles. The summed E-state index contributed by atoms with van der Waals surface area (Å²) in [6.45, 7) is 5.62. The molecule has 1 aromatic carbocycles.